The van der Waals surface area contributed by atoms with Gasteiger partial charge in [-0.1, -0.05) is 12.1 Å². The van der Waals surface area contributed by atoms with Crippen molar-refractivity contribution in [1.29, 1.82) is 0 Å². The molecule has 1 aliphatic carbocycles. The summed E-state index contributed by atoms with van der Waals surface area (Å²) in [6.07, 6.45) is 1.87. The van der Waals surface area contributed by atoms with Crippen molar-refractivity contribution >= 4 is 17.5 Å². The van der Waals surface area contributed by atoms with Gasteiger partial charge in [0.15, 0.2) is 0 Å². The van der Waals surface area contributed by atoms with Gasteiger partial charge >= 0.3 is 0 Å². The summed E-state index contributed by atoms with van der Waals surface area (Å²) in [5.41, 5.74) is 0.573. The zero-order chi connectivity index (χ0) is 13.0. The number of amides is 2. The number of rotatable bonds is 5. The van der Waals surface area contributed by atoms with Crippen LogP contribution in [-0.2, 0) is 9.59 Å². The fourth-order valence-corrected chi connectivity index (χ4v) is 1.59. The molecule has 1 aliphatic rings. The lowest BCUT2D eigenvalue weighted by atomic mass is 10.2. The summed E-state index contributed by atoms with van der Waals surface area (Å²) in [6.45, 7) is 0. The lowest BCUT2D eigenvalue weighted by Crippen LogP contribution is -2.29. The minimum atomic E-state index is -0.336. The molecule has 0 heterocycles. The fraction of sp³-hybridized carbons (Fsp3) is 0.385. The first-order valence-corrected chi connectivity index (χ1v) is 5.91. The second-order valence-corrected chi connectivity index (χ2v) is 4.27. The molecule has 1 aromatic carbocycles. The van der Waals surface area contributed by atoms with Crippen molar-refractivity contribution in [3.05, 3.63) is 24.3 Å². The molecular weight excluding hydrogens is 232 g/mol. The maximum absolute atomic E-state index is 11.7. The normalized spacial score (nSPS) is 13.8. The molecule has 1 fully saturated rings. The van der Waals surface area contributed by atoms with E-state index in [1.165, 1.54) is 7.11 Å². The van der Waals surface area contributed by atoms with Crippen LogP contribution in [0.4, 0.5) is 5.69 Å². The number of methoxy groups -OCH3 is 1. The van der Waals surface area contributed by atoms with Crippen LogP contribution in [0.15, 0.2) is 24.3 Å². The summed E-state index contributed by atoms with van der Waals surface area (Å²) in [5.74, 6) is 0.0102. The van der Waals surface area contributed by atoms with E-state index >= 15 is 0 Å². The van der Waals surface area contributed by atoms with Crippen molar-refractivity contribution in [1.82, 2.24) is 5.32 Å². The van der Waals surface area contributed by atoms with Gasteiger partial charge in [-0.3, -0.25) is 9.59 Å². The largest absolute Gasteiger partial charge is 0.495 e. The van der Waals surface area contributed by atoms with Crippen LogP contribution < -0.4 is 15.4 Å². The average Bonchev–Trinajstić information content (AvgIpc) is 3.13. The smallest absolute Gasteiger partial charge is 0.233 e. The maximum Gasteiger partial charge on any atom is 0.233 e. The van der Waals surface area contributed by atoms with Gasteiger partial charge in [0, 0.05) is 6.04 Å². The third-order valence-corrected chi connectivity index (χ3v) is 2.64. The highest BCUT2D eigenvalue weighted by atomic mass is 16.5. The van der Waals surface area contributed by atoms with Gasteiger partial charge in [0.1, 0.15) is 12.2 Å². The van der Waals surface area contributed by atoms with Crippen LogP contribution in [0.25, 0.3) is 0 Å². The second kappa shape index (κ2) is 5.53. The number of hydrogen-bond donors (Lipinski definition) is 2. The summed E-state index contributed by atoms with van der Waals surface area (Å²) in [7, 11) is 1.53. The van der Waals surface area contributed by atoms with E-state index in [0.29, 0.717) is 11.4 Å². The monoisotopic (exact) mass is 248 g/mol. The third-order valence-electron chi connectivity index (χ3n) is 2.64. The van der Waals surface area contributed by atoms with Gasteiger partial charge in [-0.05, 0) is 25.0 Å². The lowest BCUT2D eigenvalue weighted by molar-refractivity contribution is -0.126. The van der Waals surface area contributed by atoms with Crippen molar-refractivity contribution in [2.45, 2.75) is 25.3 Å². The summed E-state index contributed by atoms with van der Waals surface area (Å²) < 4.78 is 5.11. The van der Waals surface area contributed by atoms with Crippen LogP contribution in [0, 0.1) is 0 Å². The van der Waals surface area contributed by atoms with Gasteiger partial charge in [-0.25, -0.2) is 0 Å². The molecule has 0 aliphatic heterocycles. The summed E-state index contributed by atoms with van der Waals surface area (Å²) >= 11 is 0. The molecule has 0 aromatic heterocycles. The number of para-hydroxylation sites is 2. The molecule has 0 radical (unpaired) electrons. The van der Waals surface area contributed by atoms with E-state index in [1.807, 2.05) is 6.07 Å². The molecule has 0 unspecified atom stereocenters. The zero-order valence-electron chi connectivity index (χ0n) is 10.2. The molecule has 2 amide bonds. The van der Waals surface area contributed by atoms with E-state index in [-0.39, 0.29) is 24.3 Å². The molecular formula is C13H16N2O3. The van der Waals surface area contributed by atoms with E-state index in [2.05, 4.69) is 10.6 Å². The van der Waals surface area contributed by atoms with Gasteiger partial charge in [-0.15, -0.1) is 0 Å². The van der Waals surface area contributed by atoms with Crippen molar-refractivity contribution in [3.8, 4) is 5.75 Å². The Morgan fingerprint density at radius 3 is 2.67 bits per heavy atom. The number of nitrogens with one attached hydrogen (secondary N) is 2. The summed E-state index contributed by atoms with van der Waals surface area (Å²) in [4.78, 5) is 23.1. The number of carbonyl (C=O) groups excluding carboxylic acids is 2. The Hall–Kier alpha value is -2.04. The fourth-order valence-electron chi connectivity index (χ4n) is 1.59. The van der Waals surface area contributed by atoms with Crippen LogP contribution >= 0.6 is 0 Å². The zero-order valence-corrected chi connectivity index (χ0v) is 10.2. The molecule has 18 heavy (non-hydrogen) atoms. The number of ether oxygens (including phenoxy) is 1. The number of hydrogen-bond acceptors (Lipinski definition) is 3. The van der Waals surface area contributed by atoms with Crippen LogP contribution in [0.3, 0.4) is 0 Å². The Kier molecular flexibility index (Phi) is 3.82. The molecule has 0 saturated heterocycles. The number of carbonyl (C=O) groups is 2. The van der Waals surface area contributed by atoms with Crippen molar-refractivity contribution in [2.24, 2.45) is 0 Å². The first-order chi connectivity index (χ1) is 8.69. The average molecular weight is 248 g/mol. The molecule has 2 N–H and O–H groups in total. The van der Waals surface area contributed by atoms with Gasteiger partial charge in [0.05, 0.1) is 12.8 Å². The molecule has 1 aromatic rings. The predicted octanol–water partition coefficient (Wildman–Crippen LogP) is 1.30. The topological polar surface area (TPSA) is 67.4 Å². The van der Waals surface area contributed by atoms with Crippen LogP contribution in [0.1, 0.15) is 19.3 Å². The SMILES string of the molecule is COc1ccccc1NC(=O)CC(=O)NC1CC1. The van der Waals surface area contributed by atoms with Crippen LogP contribution in [0.5, 0.6) is 5.75 Å². The Morgan fingerprint density at radius 2 is 2.00 bits per heavy atom. The van der Waals surface area contributed by atoms with Gasteiger partial charge in [0.25, 0.3) is 0 Å². The van der Waals surface area contributed by atoms with E-state index in [4.69, 9.17) is 4.74 Å². The minimum Gasteiger partial charge on any atom is -0.495 e. The third kappa shape index (κ3) is 3.48. The van der Waals surface area contributed by atoms with E-state index in [1.54, 1.807) is 18.2 Å². The Balaban J connectivity index is 1.87. The molecule has 1 saturated carbocycles. The number of anilines is 1. The maximum atomic E-state index is 11.7. The quantitative estimate of drug-likeness (QED) is 0.772. The summed E-state index contributed by atoms with van der Waals surface area (Å²) in [5, 5.41) is 5.43. The predicted molar refractivity (Wildman–Crippen MR) is 67.4 cm³/mol. The van der Waals surface area contributed by atoms with E-state index in [9.17, 15) is 9.59 Å². The molecule has 5 heteroatoms. The van der Waals surface area contributed by atoms with Gasteiger partial charge < -0.3 is 15.4 Å². The molecule has 5 nitrogen and oxygen atoms in total. The Labute approximate surface area is 106 Å². The van der Waals surface area contributed by atoms with Crippen LogP contribution in [-0.4, -0.2) is 25.0 Å². The standard InChI is InChI=1S/C13H16N2O3/c1-18-11-5-3-2-4-10(11)15-13(17)8-12(16)14-9-6-7-9/h2-5,9H,6-8H2,1H3,(H,14,16)(H,15,17). The van der Waals surface area contributed by atoms with Crippen molar-refractivity contribution in [3.63, 3.8) is 0 Å². The highest BCUT2D eigenvalue weighted by molar-refractivity contribution is 6.04. The molecule has 0 atom stereocenters. The molecule has 0 spiro atoms. The highest BCUT2D eigenvalue weighted by Crippen LogP contribution is 2.23. The Bertz CT molecular complexity index is 455. The summed E-state index contributed by atoms with van der Waals surface area (Å²) in [6, 6.07) is 7.36. The second-order valence-electron chi connectivity index (χ2n) is 4.27. The Morgan fingerprint density at radius 1 is 1.28 bits per heavy atom. The first-order valence-electron chi connectivity index (χ1n) is 5.91. The minimum absolute atomic E-state index is 0.158. The van der Waals surface area contributed by atoms with E-state index < -0.39 is 0 Å². The lowest BCUT2D eigenvalue weighted by Gasteiger charge is -2.09. The molecule has 2 rings (SSSR count). The van der Waals surface area contributed by atoms with Gasteiger partial charge in [-0.2, -0.15) is 0 Å². The highest BCUT2D eigenvalue weighted by Gasteiger charge is 2.24. The number of benzene rings is 1. The molecule has 0 bridgehead atoms. The molecule has 96 valence electrons. The van der Waals surface area contributed by atoms with Crippen molar-refractivity contribution < 1.29 is 14.3 Å². The first kappa shape index (κ1) is 12.4. The van der Waals surface area contributed by atoms with Gasteiger partial charge in [0.2, 0.25) is 11.8 Å². The van der Waals surface area contributed by atoms with E-state index in [0.717, 1.165) is 12.8 Å². The van der Waals surface area contributed by atoms with Crippen LogP contribution in [0.2, 0.25) is 0 Å². The van der Waals surface area contributed by atoms with Crippen molar-refractivity contribution in [2.75, 3.05) is 12.4 Å².